The van der Waals surface area contributed by atoms with Crippen LogP contribution < -0.4 is 5.19 Å². The number of rotatable bonds is 2. The minimum Gasteiger partial charge on any atom is -0.308 e. The van der Waals surface area contributed by atoms with E-state index in [4.69, 9.17) is 4.98 Å². The van der Waals surface area contributed by atoms with Crippen LogP contribution in [0.3, 0.4) is 0 Å². The smallest absolute Gasteiger partial charge is 0.0827 e. The Balaban J connectivity index is 1.83. The summed E-state index contributed by atoms with van der Waals surface area (Å²) in [5, 5.41) is 9.23. The van der Waals surface area contributed by atoms with Gasteiger partial charge in [0, 0.05) is 16.2 Å². The molecule has 0 amide bonds. The summed E-state index contributed by atoms with van der Waals surface area (Å²) >= 11 is 0. The van der Waals surface area contributed by atoms with Crippen LogP contribution in [0, 0.1) is 5.41 Å². The average molecular weight is 511 g/mol. The minimum absolute atomic E-state index is 0.141. The number of benzene rings is 4. The number of aromatic nitrogens is 2. The van der Waals surface area contributed by atoms with E-state index >= 15 is 0 Å². The van der Waals surface area contributed by atoms with E-state index in [9.17, 15) is 0 Å². The zero-order valence-corrected chi connectivity index (χ0v) is 24.2. The van der Waals surface area contributed by atoms with Gasteiger partial charge < -0.3 is 4.40 Å². The fraction of sp³-hybridized carbons (Fsp3) is 0.229. The number of para-hydroxylation sites is 1. The Morgan fingerprint density at radius 1 is 0.684 bits per heavy atom. The van der Waals surface area contributed by atoms with Gasteiger partial charge in [-0.1, -0.05) is 100 Å². The van der Waals surface area contributed by atoms with E-state index in [0.29, 0.717) is 0 Å². The van der Waals surface area contributed by atoms with E-state index in [2.05, 4.69) is 130 Å². The first-order valence-electron chi connectivity index (χ1n) is 13.7. The molecule has 0 bridgehead atoms. The molecule has 4 aromatic carbocycles. The number of nitrogens with zero attached hydrogens (tertiary/aromatic N) is 2. The Morgan fingerprint density at radius 2 is 1.39 bits per heavy atom. The predicted octanol–water partition coefficient (Wildman–Crippen LogP) is 9.23. The molecule has 0 aliphatic heterocycles. The summed E-state index contributed by atoms with van der Waals surface area (Å²) in [6.45, 7) is 14.4. The molecule has 0 unspecified atom stereocenters. The van der Waals surface area contributed by atoms with E-state index < -0.39 is 8.07 Å². The highest BCUT2D eigenvalue weighted by Gasteiger charge is 2.25. The lowest BCUT2D eigenvalue weighted by Gasteiger charge is -2.22. The van der Waals surface area contributed by atoms with Gasteiger partial charge in [0.25, 0.3) is 0 Å². The number of fused-ring (bicyclic) bond motifs is 10. The molecule has 3 aromatic heterocycles. The van der Waals surface area contributed by atoms with Crippen LogP contribution in [-0.4, -0.2) is 17.5 Å². The quantitative estimate of drug-likeness (QED) is 0.129. The van der Waals surface area contributed by atoms with Crippen molar-refractivity contribution in [3.63, 3.8) is 0 Å². The van der Waals surface area contributed by atoms with E-state index in [1.165, 1.54) is 59.6 Å². The largest absolute Gasteiger partial charge is 0.308 e. The second-order valence-electron chi connectivity index (χ2n) is 13.1. The van der Waals surface area contributed by atoms with Gasteiger partial charge in [-0.05, 0) is 63.9 Å². The van der Waals surface area contributed by atoms with Gasteiger partial charge in [0.05, 0.1) is 35.7 Å². The minimum atomic E-state index is -1.56. The lowest BCUT2D eigenvalue weighted by molar-refractivity contribution is 0.414. The second-order valence-corrected chi connectivity index (χ2v) is 18.2. The lowest BCUT2D eigenvalue weighted by atomic mass is 9.84. The van der Waals surface area contributed by atoms with Gasteiger partial charge in [-0.2, -0.15) is 0 Å². The van der Waals surface area contributed by atoms with Gasteiger partial charge in [0.15, 0.2) is 0 Å². The first kappa shape index (κ1) is 23.4. The van der Waals surface area contributed by atoms with Crippen LogP contribution >= 0.6 is 0 Å². The summed E-state index contributed by atoms with van der Waals surface area (Å²) in [6, 6.07) is 31.6. The van der Waals surface area contributed by atoms with Crippen molar-refractivity contribution in [2.24, 2.45) is 5.41 Å². The first-order valence-corrected chi connectivity index (χ1v) is 17.2. The van der Waals surface area contributed by atoms with Crippen LogP contribution in [0.5, 0.6) is 0 Å². The number of hydrogen-bond donors (Lipinski definition) is 0. The Labute approximate surface area is 224 Å². The van der Waals surface area contributed by atoms with Crippen LogP contribution in [0.1, 0.15) is 26.3 Å². The van der Waals surface area contributed by atoms with Gasteiger partial charge in [-0.25, -0.2) is 4.98 Å². The maximum Gasteiger partial charge on any atom is 0.0827 e. The highest BCUT2D eigenvalue weighted by molar-refractivity contribution is 6.90. The molecular formula is C35H34N2Si. The third kappa shape index (κ3) is 3.49. The molecule has 3 heterocycles. The molecule has 3 heteroatoms. The summed E-state index contributed by atoms with van der Waals surface area (Å²) in [5.74, 6) is 0. The zero-order chi connectivity index (χ0) is 26.4. The van der Waals surface area contributed by atoms with Crippen LogP contribution in [0.4, 0.5) is 0 Å². The molecular weight excluding hydrogens is 476 g/mol. The highest BCUT2D eigenvalue weighted by atomic mass is 28.3. The standard InChI is InChI=1S/C35H34N2Si/c1-35(2,3)21-27-24-14-9-10-15-28(24)36-34-26-18-22-12-7-8-13-23(22)19-30(26)37-29-16-11-17-32(38(4,5)6)25(29)20-31(37)33(27)34/h7-20H,21H2,1-6H3. The van der Waals surface area contributed by atoms with Gasteiger partial charge in [-0.15, -0.1) is 0 Å². The molecule has 188 valence electrons. The monoisotopic (exact) mass is 510 g/mol. The molecule has 0 aliphatic carbocycles. The highest BCUT2D eigenvalue weighted by Crippen LogP contribution is 2.40. The van der Waals surface area contributed by atoms with Crippen molar-refractivity contribution in [1.29, 1.82) is 0 Å². The Kier molecular flexibility index (Phi) is 4.87. The summed E-state index contributed by atoms with van der Waals surface area (Å²) < 4.78 is 2.53. The van der Waals surface area contributed by atoms with Crippen molar-refractivity contribution in [3.05, 3.63) is 90.5 Å². The molecule has 0 fully saturated rings. The topological polar surface area (TPSA) is 17.3 Å². The number of pyridine rings is 2. The summed E-state index contributed by atoms with van der Waals surface area (Å²) in [5.41, 5.74) is 7.57. The van der Waals surface area contributed by atoms with Gasteiger partial charge in [-0.3, -0.25) is 0 Å². The van der Waals surface area contributed by atoms with E-state index in [0.717, 1.165) is 17.5 Å². The van der Waals surface area contributed by atoms with Crippen molar-refractivity contribution in [2.45, 2.75) is 46.8 Å². The van der Waals surface area contributed by atoms with Crippen LogP contribution in [0.15, 0.2) is 84.9 Å². The molecule has 0 spiro atoms. The molecule has 0 aliphatic rings. The molecule has 7 rings (SSSR count). The van der Waals surface area contributed by atoms with Gasteiger partial charge in [0.2, 0.25) is 0 Å². The maximum atomic E-state index is 5.39. The van der Waals surface area contributed by atoms with Crippen molar-refractivity contribution in [2.75, 3.05) is 0 Å². The van der Waals surface area contributed by atoms with E-state index in [1.807, 2.05) is 0 Å². The van der Waals surface area contributed by atoms with Gasteiger partial charge in [0.1, 0.15) is 0 Å². The average Bonchev–Trinajstić information content (AvgIpc) is 3.26. The molecule has 0 atom stereocenters. The molecule has 0 radical (unpaired) electrons. The molecule has 7 aromatic rings. The molecule has 0 saturated carbocycles. The van der Waals surface area contributed by atoms with Crippen LogP contribution in [-0.2, 0) is 6.42 Å². The fourth-order valence-corrected chi connectivity index (χ4v) is 8.00. The summed E-state index contributed by atoms with van der Waals surface area (Å²) in [6.07, 6.45) is 0.990. The van der Waals surface area contributed by atoms with Crippen LogP contribution in [0.25, 0.3) is 59.9 Å². The van der Waals surface area contributed by atoms with Crippen LogP contribution in [0.2, 0.25) is 19.6 Å². The van der Waals surface area contributed by atoms with Crippen molar-refractivity contribution in [3.8, 4) is 0 Å². The molecule has 0 N–H and O–H groups in total. The van der Waals surface area contributed by atoms with Crippen molar-refractivity contribution >= 4 is 73.2 Å². The Bertz CT molecular complexity index is 2070. The second kappa shape index (κ2) is 7.91. The molecule has 0 saturated heterocycles. The van der Waals surface area contributed by atoms with E-state index in [1.54, 1.807) is 0 Å². The zero-order valence-electron chi connectivity index (χ0n) is 23.2. The SMILES string of the molecule is CC(C)(C)Cc1c2ccccc2nc2c3cc4ccccc4cc3n3c4cccc([Si](C)(C)C)c4cc3c12. The molecule has 38 heavy (non-hydrogen) atoms. The predicted molar refractivity (Wildman–Crippen MR) is 169 cm³/mol. The summed E-state index contributed by atoms with van der Waals surface area (Å²) in [7, 11) is -1.56. The van der Waals surface area contributed by atoms with E-state index in [-0.39, 0.29) is 5.41 Å². The maximum absolute atomic E-state index is 5.39. The Hall–Kier alpha value is -3.69. The fourth-order valence-electron chi connectivity index (χ4n) is 6.40. The summed E-state index contributed by atoms with van der Waals surface area (Å²) in [4.78, 5) is 5.39. The Morgan fingerprint density at radius 3 is 2.13 bits per heavy atom. The van der Waals surface area contributed by atoms with Crippen molar-refractivity contribution < 1.29 is 0 Å². The first-order chi connectivity index (χ1) is 18.1. The van der Waals surface area contributed by atoms with Crippen molar-refractivity contribution in [1.82, 2.24) is 9.38 Å². The third-order valence-corrected chi connectivity index (χ3v) is 10.0. The lowest BCUT2D eigenvalue weighted by Crippen LogP contribution is -2.37. The number of hydrogen-bond acceptors (Lipinski definition) is 1. The third-order valence-electron chi connectivity index (χ3n) is 7.98. The normalized spacial score (nSPS) is 13.1. The van der Waals surface area contributed by atoms with Gasteiger partial charge >= 0.3 is 0 Å². The molecule has 2 nitrogen and oxygen atoms in total.